The van der Waals surface area contributed by atoms with Crippen molar-refractivity contribution in [1.29, 1.82) is 0 Å². The Hall–Kier alpha value is -2.41. The van der Waals surface area contributed by atoms with Gasteiger partial charge in [0.1, 0.15) is 10.6 Å². The third-order valence-corrected chi connectivity index (χ3v) is 8.17. The van der Waals surface area contributed by atoms with E-state index in [9.17, 15) is 9.18 Å². The predicted molar refractivity (Wildman–Crippen MR) is 129 cm³/mol. The number of amides is 1. The molecule has 2 aliphatic rings. The molecule has 0 unspecified atom stereocenters. The van der Waals surface area contributed by atoms with Gasteiger partial charge in [0.05, 0.1) is 22.3 Å². The molecule has 1 aliphatic carbocycles. The molecule has 0 atom stereocenters. The lowest BCUT2D eigenvalue weighted by molar-refractivity contribution is 0.103. The molecule has 2 fully saturated rings. The number of aromatic nitrogens is 2. The number of thiophene rings is 1. The molecule has 3 heterocycles. The van der Waals surface area contributed by atoms with Crippen LogP contribution < -0.4 is 10.2 Å². The third kappa shape index (κ3) is 4.15. The molecule has 3 aromatic rings. The second-order valence-corrected chi connectivity index (χ2v) is 10.5. The molecule has 5 nitrogen and oxygen atoms in total. The van der Waals surface area contributed by atoms with Crippen molar-refractivity contribution in [2.24, 2.45) is 5.92 Å². The lowest BCUT2D eigenvalue weighted by Crippen LogP contribution is -2.33. The number of nitrogens with one attached hydrogen (secondary N) is 1. The smallest absolute Gasteiger partial charge is 0.265 e. The van der Waals surface area contributed by atoms with Crippen molar-refractivity contribution in [2.45, 2.75) is 64.8 Å². The number of halogens is 1. The molecule has 1 N–H and O–H groups in total. The first-order chi connectivity index (χ1) is 15.5. The largest absolute Gasteiger partial charge is 0.369 e. The Balaban J connectivity index is 1.33. The van der Waals surface area contributed by atoms with Gasteiger partial charge in [-0.1, -0.05) is 26.2 Å². The van der Waals surface area contributed by atoms with E-state index in [1.54, 1.807) is 12.1 Å². The second-order valence-electron chi connectivity index (χ2n) is 9.44. The molecular formula is C25H31FN4OS. The summed E-state index contributed by atoms with van der Waals surface area (Å²) in [7, 11) is 0. The van der Waals surface area contributed by atoms with Crippen LogP contribution in [0.1, 0.15) is 73.3 Å². The van der Waals surface area contributed by atoms with E-state index in [2.05, 4.69) is 21.8 Å². The van der Waals surface area contributed by atoms with E-state index < -0.39 is 0 Å². The summed E-state index contributed by atoms with van der Waals surface area (Å²) in [5.41, 5.74) is 2.08. The topological polar surface area (TPSA) is 50.2 Å². The maximum absolute atomic E-state index is 14.8. The zero-order valence-corrected chi connectivity index (χ0v) is 19.7. The van der Waals surface area contributed by atoms with Crippen LogP contribution in [0.5, 0.6) is 0 Å². The van der Waals surface area contributed by atoms with Gasteiger partial charge in [-0.2, -0.15) is 5.10 Å². The minimum atomic E-state index is -0.280. The second kappa shape index (κ2) is 8.85. The normalized spacial score (nSPS) is 18.4. The number of aryl methyl sites for hydroxylation is 1. The van der Waals surface area contributed by atoms with E-state index in [0.717, 1.165) is 54.7 Å². The first-order valence-corrected chi connectivity index (χ1v) is 12.7. The van der Waals surface area contributed by atoms with Gasteiger partial charge < -0.3 is 10.2 Å². The van der Waals surface area contributed by atoms with Gasteiger partial charge in [-0.25, -0.2) is 4.39 Å². The van der Waals surface area contributed by atoms with Crippen LogP contribution in [0.25, 0.3) is 10.2 Å². The average molecular weight is 455 g/mol. The highest BCUT2D eigenvalue weighted by Gasteiger charge is 2.23. The lowest BCUT2D eigenvalue weighted by Gasteiger charge is -2.32. The summed E-state index contributed by atoms with van der Waals surface area (Å²) in [6.07, 6.45) is 8.24. The van der Waals surface area contributed by atoms with Crippen molar-refractivity contribution < 1.29 is 9.18 Å². The average Bonchev–Trinajstić information content (AvgIpc) is 3.36. The summed E-state index contributed by atoms with van der Waals surface area (Å²) in [4.78, 5) is 16.8. The van der Waals surface area contributed by atoms with Gasteiger partial charge in [0.25, 0.3) is 5.91 Å². The Bertz CT molecular complexity index is 1120. The van der Waals surface area contributed by atoms with Crippen molar-refractivity contribution >= 4 is 38.8 Å². The Morgan fingerprint density at radius 3 is 2.59 bits per heavy atom. The van der Waals surface area contributed by atoms with Crippen LogP contribution in [0.15, 0.2) is 24.3 Å². The molecular weight excluding hydrogens is 423 g/mol. The summed E-state index contributed by atoms with van der Waals surface area (Å²) < 4.78 is 17.0. The number of hydrogen-bond donors (Lipinski definition) is 1. The molecule has 7 heteroatoms. The Labute approximate surface area is 192 Å². The predicted octanol–water partition coefficient (Wildman–Crippen LogP) is 6.54. The Kier molecular flexibility index (Phi) is 5.93. The fourth-order valence-corrected chi connectivity index (χ4v) is 6.17. The highest BCUT2D eigenvalue weighted by atomic mass is 32.1. The quantitative estimate of drug-likeness (QED) is 0.487. The standard InChI is InChI=1S/C25H31FN4OS/c1-16-10-12-29(13-11-16)22-9-8-18(14-21(22)26)27-24(31)23-15-20-17(2)28-30(25(20)32-23)19-6-4-3-5-7-19/h8-9,14-16,19H,3-7,10-13H2,1-2H3,(H,27,31). The van der Waals surface area contributed by atoms with Crippen molar-refractivity contribution in [3.8, 4) is 0 Å². The highest BCUT2D eigenvalue weighted by Crippen LogP contribution is 2.36. The number of carbonyl (C=O) groups excluding carboxylic acids is 1. The molecule has 0 spiro atoms. The molecule has 170 valence electrons. The SMILES string of the molecule is Cc1nn(C2CCCCC2)c2sc(C(=O)Nc3ccc(N4CCC(C)CC4)c(F)c3)cc12. The number of rotatable bonds is 4. The van der Waals surface area contributed by atoms with Gasteiger partial charge in [0.2, 0.25) is 0 Å². The molecule has 0 radical (unpaired) electrons. The van der Waals surface area contributed by atoms with Gasteiger partial charge in [0, 0.05) is 24.2 Å². The van der Waals surface area contributed by atoms with Crippen LogP contribution in [0, 0.1) is 18.7 Å². The summed E-state index contributed by atoms with van der Waals surface area (Å²) in [6.45, 7) is 6.01. The minimum absolute atomic E-state index is 0.195. The minimum Gasteiger partial charge on any atom is -0.369 e. The van der Waals surface area contributed by atoms with Crippen molar-refractivity contribution in [3.63, 3.8) is 0 Å². The summed E-state index contributed by atoms with van der Waals surface area (Å²) in [5.74, 6) is 0.222. The third-order valence-electron chi connectivity index (χ3n) is 7.04. The number of carbonyl (C=O) groups is 1. The lowest BCUT2D eigenvalue weighted by atomic mass is 9.96. The number of piperidine rings is 1. The van der Waals surface area contributed by atoms with Gasteiger partial charge in [0.15, 0.2) is 0 Å². The number of nitrogens with zero attached hydrogens (tertiary/aromatic N) is 3. The van der Waals surface area contributed by atoms with Gasteiger partial charge in [-0.15, -0.1) is 11.3 Å². The Morgan fingerprint density at radius 2 is 1.88 bits per heavy atom. The summed E-state index contributed by atoms with van der Waals surface area (Å²) in [5, 5.41) is 8.71. The van der Waals surface area contributed by atoms with Crippen LogP contribution in [0.4, 0.5) is 15.8 Å². The van der Waals surface area contributed by atoms with Gasteiger partial charge >= 0.3 is 0 Å². The zero-order valence-electron chi connectivity index (χ0n) is 18.9. The maximum atomic E-state index is 14.8. The van der Waals surface area contributed by atoms with Crippen LogP contribution >= 0.6 is 11.3 Å². The van der Waals surface area contributed by atoms with Gasteiger partial charge in [-0.05, 0) is 62.8 Å². The monoisotopic (exact) mass is 454 g/mol. The summed E-state index contributed by atoms with van der Waals surface area (Å²) >= 11 is 1.48. The van der Waals surface area contributed by atoms with Gasteiger partial charge in [-0.3, -0.25) is 9.48 Å². The van der Waals surface area contributed by atoms with E-state index >= 15 is 0 Å². The van der Waals surface area contributed by atoms with E-state index in [1.807, 2.05) is 13.0 Å². The van der Waals surface area contributed by atoms with Crippen LogP contribution in [-0.2, 0) is 0 Å². The number of anilines is 2. The number of hydrogen-bond acceptors (Lipinski definition) is 4. The highest BCUT2D eigenvalue weighted by molar-refractivity contribution is 7.20. The number of fused-ring (bicyclic) bond motifs is 1. The molecule has 1 aliphatic heterocycles. The van der Waals surface area contributed by atoms with Crippen molar-refractivity contribution in [3.05, 3.63) is 40.7 Å². The molecule has 32 heavy (non-hydrogen) atoms. The first kappa shape index (κ1) is 21.4. The number of benzene rings is 1. The van der Waals surface area contributed by atoms with Crippen LogP contribution in [0.3, 0.4) is 0 Å². The van der Waals surface area contributed by atoms with Crippen LogP contribution in [-0.4, -0.2) is 28.8 Å². The molecule has 1 saturated carbocycles. The van der Waals surface area contributed by atoms with E-state index in [1.165, 1.54) is 36.7 Å². The van der Waals surface area contributed by atoms with Crippen molar-refractivity contribution in [1.82, 2.24) is 9.78 Å². The molecule has 5 rings (SSSR count). The molecule has 1 amide bonds. The zero-order chi connectivity index (χ0) is 22.2. The van der Waals surface area contributed by atoms with E-state index in [-0.39, 0.29) is 11.7 Å². The summed E-state index contributed by atoms with van der Waals surface area (Å²) in [6, 6.07) is 7.38. The fourth-order valence-electron chi connectivity index (χ4n) is 5.04. The Morgan fingerprint density at radius 1 is 1.12 bits per heavy atom. The van der Waals surface area contributed by atoms with Crippen molar-refractivity contribution in [2.75, 3.05) is 23.3 Å². The molecule has 2 aromatic heterocycles. The molecule has 1 saturated heterocycles. The molecule has 1 aromatic carbocycles. The molecule has 0 bridgehead atoms. The fraction of sp³-hybridized carbons (Fsp3) is 0.520. The first-order valence-electron chi connectivity index (χ1n) is 11.8. The van der Waals surface area contributed by atoms with E-state index in [0.29, 0.717) is 28.2 Å². The maximum Gasteiger partial charge on any atom is 0.265 e. The van der Waals surface area contributed by atoms with E-state index in [4.69, 9.17) is 5.10 Å². The van der Waals surface area contributed by atoms with Crippen LogP contribution in [0.2, 0.25) is 0 Å².